The lowest BCUT2D eigenvalue weighted by Crippen LogP contribution is -2.27. The van der Waals surface area contributed by atoms with Gasteiger partial charge in [-0.15, -0.1) is 0 Å². The lowest BCUT2D eigenvalue weighted by Gasteiger charge is -2.16. The number of carbonyl (C=O) groups is 1. The van der Waals surface area contributed by atoms with Crippen LogP contribution in [0.15, 0.2) is 61.1 Å². The van der Waals surface area contributed by atoms with Crippen molar-refractivity contribution >= 4 is 29.1 Å². The molecule has 9 heteroatoms. The molecule has 0 saturated heterocycles. The van der Waals surface area contributed by atoms with Gasteiger partial charge in [0.2, 0.25) is 5.95 Å². The Morgan fingerprint density at radius 2 is 2.03 bits per heavy atom. The second kappa shape index (κ2) is 9.99. The molecule has 2 aromatic heterocycles. The first-order valence-corrected chi connectivity index (χ1v) is 12.2. The van der Waals surface area contributed by atoms with Crippen LogP contribution in [0, 0.1) is 0 Å². The van der Waals surface area contributed by atoms with Crippen LogP contribution < -0.4 is 15.4 Å². The van der Waals surface area contributed by atoms with Gasteiger partial charge in [0, 0.05) is 23.4 Å². The van der Waals surface area contributed by atoms with Crippen molar-refractivity contribution in [1.82, 2.24) is 25.1 Å². The zero-order chi connectivity index (χ0) is 25.2. The molecule has 0 aliphatic heterocycles. The number of nitrogens with one attached hydrogen (secondary N) is 2. The molecule has 1 unspecified atom stereocenters. The predicted molar refractivity (Wildman–Crippen MR) is 140 cm³/mol. The van der Waals surface area contributed by atoms with E-state index in [1.54, 1.807) is 37.7 Å². The molecular weight excluding hydrogens is 476 g/mol. The van der Waals surface area contributed by atoms with E-state index in [2.05, 4.69) is 37.8 Å². The number of aryl methyl sites for hydroxylation is 1. The minimum Gasteiger partial charge on any atom is -0.495 e. The summed E-state index contributed by atoms with van der Waals surface area (Å²) in [6.45, 7) is 4.10. The highest BCUT2D eigenvalue weighted by molar-refractivity contribution is 6.32. The molecule has 5 rings (SSSR count). The molecule has 4 aromatic rings. The first kappa shape index (κ1) is 23.8. The topological polar surface area (TPSA) is 94.0 Å². The number of nitrogens with zero attached hydrogens (tertiary/aromatic N) is 4. The summed E-state index contributed by atoms with van der Waals surface area (Å²) < 4.78 is 7.41. The molecule has 1 aliphatic rings. The van der Waals surface area contributed by atoms with Crippen molar-refractivity contribution in [2.24, 2.45) is 0 Å². The number of ether oxygens (including phenoxy) is 1. The van der Waals surface area contributed by atoms with Crippen molar-refractivity contribution in [3.8, 4) is 17.0 Å². The van der Waals surface area contributed by atoms with E-state index in [4.69, 9.17) is 16.3 Å². The van der Waals surface area contributed by atoms with Crippen molar-refractivity contribution in [2.75, 3.05) is 12.4 Å². The number of fused-ring (bicyclic) bond motifs is 1. The van der Waals surface area contributed by atoms with Crippen molar-refractivity contribution < 1.29 is 9.53 Å². The third kappa shape index (κ3) is 4.77. The van der Waals surface area contributed by atoms with Gasteiger partial charge in [0.05, 0.1) is 41.9 Å². The number of hydrogen-bond acceptors (Lipinski definition) is 6. The van der Waals surface area contributed by atoms with Crippen LogP contribution in [0.4, 0.5) is 11.6 Å². The van der Waals surface area contributed by atoms with E-state index in [9.17, 15) is 4.79 Å². The Kier molecular flexibility index (Phi) is 6.61. The number of anilines is 2. The van der Waals surface area contributed by atoms with E-state index in [1.807, 2.05) is 36.9 Å². The summed E-state index contributed by atoms with van der Waals surface area (Å²) >= 11 is 6.38. The number of amides is 1. The Labute approximate surface area is 214 Å². The molecule has 0 bridgehead atoms. The van der Waals surface area contributed by atoms with E-state index in [0.29, 0.717) is 33.7 Å². The number of halogens is 1. The number of methoxy groups -OCH3 is 1. The fraction of sp³-hybridized carbons (Fsp3) is 0.259. The van der Waals surface area contributed by atoms with Gasteiger partial charge in [0.25, 0.3) is 5.91 Å². The van der Waals surface area contributed by atoms with Gasteiger partial charge in [-0.3, -0.25) is 9.48 Å². The number of aromatic nitrogens is 4. The highest BCUT2D eigenvalue weighted by Gasteiger charge is 2.24. The second-order valence-corrected chi connectivity index (χ2v) is 9.40. The lowest BCUT2D eigenvalue weighted by molar-refractivity contribution is 0.0936. The van der Waals surface area contributed by atoms with Crippen LogP contribution in [0.2, 0.25) is 5.02 Å². The standard InChI is InChI=1S/C27H27ClN6O2/c1-16(2)34-15-19(13-30-34)25-21(28)14-29-27(33-25)32-23-11-9-18(12-24(23)36-3)26(35)31-22-10-8-17-6-4-5-7-20(17)22/h4-7,9,11-16,22H,8,10H2,1-3H3,(H,31,35)(H,29,32,33). The molecule has 184 valence electrons. The van der Waals surface area contributed by atoms with Gasteiger partial charge in [-0.2, -0.15) is 5.10 Å². The normalized spacial score (nSPS) is 14.5. The maximum absolute atomic E-state index is 13.0. The Hall–Kier alpha value is -3.91. The molecule has 1 atom stereocenters. The molecule has 2 aromatic carbocycles. The van der Waals surface area contributed by atoms with Crippen LogP contribution in [0.25, 0.3) is 11.3 Å². The minimum absolute atomic E-state index is 0.0124. The van der Waals surface area contributed by atoms with Gasteiger partial charge >= 0.3 is 0 Å². The van der Waals surface area contributed by atoms with Crippen LogP contribution >= 0.6 is 11.6 Å². The maximum atomic E-state index is 13.0. The van der Waals surface area contributed by atoms with Crippen molar-refractivity contribution in [2.45, 2.75) is 38.8 Å². The van der Waals surface area contributed by atoms with Gasteiger partial charge in [0.1, 0.15) is 5.75 Å². The predicted octanol–water partition coefficient (Wildman–Crippen LogP) is 5.74. The molecule has 8 nitrogen and oxygen atoms in total. The summed E-state index contributed by atoms with van der Waals surface area (Å²) in [6, 6.07) is 13.7. The number of rotatable bonds is 7. The third-order valence-electron chi connectivity index (χ3n) is 6.30. The summed E-state index contributed by atoms with van der Waals surface area (Å²) in [5.74, 6) is 0.709. The Balaban J connectivity index is 1.34. The van der Waals surface area contributed by atoms with E-state index in [-0.39, 0.29) is 18.0 Å². The van der Waals surface area contributed by atoms with Crippen LogP contribution in [-0.4, -0.2) is 32.8 Å². The lowest BCUT2D eigenvalue weighted by atomic mass is 10.1. The third-order valence-corrected chi connectivity index (χ3v) is 6.57. The highest BCUT2D eigenvalue weighted by atomic mass is 35.5. The fourth-order valence-electron chi connectivity index (χ4n) is 4.38. The SMILES string of the molecule is COc1cc(C(=O)NC2CCc3ccccc32)ccc1Nc1ncc(Cl)c(-c2cnn(C(C)C)c2)n1. The molecule has 2 N–H and O–H groups in total. The molecule has 36 heavy (non-hydrogen) atoms. The molecule has 1 amide bonds. The van der Waals surface area contributed by atoms with Gasteiger partial charge in [-0.25, -0.2) is 9.97 Å². The van der Waals surface area contributed by atoms with Crippen LogP contribution in [0.3, 0.4) is 0 Å². The molecule has 0 radical (unpaired) electrons. The van der Waals surface area contributed by atoms with Crippen molar-refractivity contribution in [3.05, 3.63) is 82.8 Å². The highest BCUT2D eigenvalue weighted by Crippen LogP contribution is 2.33. The van der Waals surface area contributed by atoms with Crippen molar-refractivity contribution in [1.29, 1.82) is 0 Å². The number of hydrogen-bond donors (Lipinski definition) is 2. The maximum Gasteiger partial charge on any atom is 0.251 e. The summed E-state index contributed by atoms with van der Waals surface area (Å²) in [6.07, 6.45) is 7.05. The van der Waals surface area contributed by atoms with E-state index in [0.717, 1.165) is 18.4 Å². The molecule has 0 saturated carbocycles. The Morgan fingerprint density at radius 1 is 1.19 bits per heavy atom. The van der Waals surface area contributed by atoms with Crippen LogP contribution in [-0.2, 0) is 6.42 Å². The molecule has 0 spiro atoms. The average molecular weight is 503 g/mol. The number of benzene rings is 2. The minimum atomic E-state index is -0.145. The Morgan fingerprint density at radius 3 is 2.81 bits per heavy atom. The first-order chi connectivity index (χ1) is 17.4. The Bertz CT molecular complexity index is 1420. The fourth-order valence-corrected chi connectivity index (χ4v) is 4.58. The van der Waals surface area contributed by atoms with Gasteiger partial charge in [-0.1, -0.05) is 35.9 Å². The van der Waals surface area contributed by atoms with Gasteiger partial charge in [-0.05, 0) is 56.0 Å². The monoisotopic (exact) mass is 502 g/mol. The second-order valence-electron chi connectivity index (χ2n) is 9.00. The smallest absolute Gasteiger partial charge is 0.251 e. The zero-order valence-corrected chi connectivity index (χ0v) is 21.1. The average Bonchev–Trinajstić information content (AvgIpc) is 3.53. The van der Waals surface area contributed by atoms with E-state index >= 15 is 0 Å². The van der Waals surface area contributed by atoms with E-state index in [1.165, 1.54) is 11.1 Å². The summed E-state index contributed by atoms with van der Waals surface area (Å²) in [5, 5.41) is 11.1. The summed E-state index contributed by atoms with van der Waals surface area (Å²) in [5.41, 5.74) is 5.00. The first-order valence-electron chi connectivity index (χ1n) is 11.8. The zero-order valence-electron chi connectivity index (χ0n) is 20.3. The van der Waals surface area contributed by atoms with Crippen molar-refractivity contribution in [3.63, 3.8) is 0 Å². The molecular formula is C27H27ClN6O2. The van der Waals surface area contributed by atoms with Crippen LogP contribution in [0.5, 0.6) is 5.75 Å². The van der Waals surface area contributed by atoms with Crippen LogP contribution in [0.1, 0.15) is 53.8 Å². The van der Waals surface area contributed by atoms with E-state index < -0.39 is 0 Å². The molecule has 1 aliphatic carbocycles. The summed E-state index contributed by atoms with van der Waals surface area (Å²) in [4.78, 5) is 21.9. The van der Waals surface area contributed by atoms with Gasteiger partial charge < -0.3 is 15.4 Å². The summed E-state index contributed by atoms with van der Waals surface area (Å²) in [7, 11) is 1.56. The number of carbonyl (C=O) groups excluding carboxylic acids is 1. The largest absolute Gasteiger partial charge is 0.495 e. The molecule has 2 heterocycles. The van der Waals surface area contributed by atoms with Gasteiger partial charge in [0.15, 0.2) is 0 Å². The quantitative estimate of drug-likeness (QED) is 0.334. The molecule has 0 fully saturated rings.